The normalized spacial score (nSPS) is 10.2. The number of aryl methyl sites for hydroxylation is 1. The van der Waals surface area contributed by atoms with E-state index in [2.05, 4.69) is 29.2 Å². The second-order valence-corrected chi connectivity index (χ2v) is 3.74. The maximum atomic E-state index is 8.65. The lowest BCUT2D eigenvalue weighted by atomic mass is 10.1. The summed E-state index contributed by atoms with van der Waals surface area (Å²) < 4.78 is 0. The van der Waals surface area contributed by atoms with Crippen LogP contribution in [0.3, 0.4) is 0 Å². The van der Waals surface area contributed by atoms with E-state index < -0.39 is 0 Å². The highest BCUT2D eigenvalue weighted by atomic mass is 16.2. The molecule has 0 spiro atoms. The molecule has 0 aliphatic heterocycles. The Kier molecular flexibility index (Phi) is 4.47. The Labute approximate surface area is 86.2 Å². The smallest absolute Gasteiger partial charge is 0.0431 e. The molecule has 0 radical (unpaired) electrons. The first-order chi connectivity index (χ1) is 6.74. The number of benzene rings is 1. The van der Waals surface area contributed by atoms with Gasteiger partial charge in [-0.3, -0.25) is 0 Å². The van der Waals surface area contributed by atoms with E-state index in [4.69, 9.17) is 5.11 Å². The second-order valence-electron chi connectivity index (χ2n) is 3.74. The van der Waals surface area contributed by atoms with E-state index in [0.717, 1.165) is 19.3 Å². The van der Waals surface area contributed by atoms with E-state index in [0.29, 0.717) is 6.61 Å². The molecule has 1 rings (SSSR count). The molecule has 2 heteroatoms. The zero-order valence-corrected chi connectivity index (χ0v) is 9.03. The molecule has 78 valence electrons. The van der Waals surface area contributed by atoms with Gasteiger partial charge in [0.1, 0.15) is 0 Å². The number of unbranched alkanes of at least 4 members (excludes halogenated alkanes) is 1. The van der Waals surface area contributed by atoms with Crippen LogP contribution in [0.1, 0.15) is 18.4 Å². The van der Waals surface area contributed by atoms with Gasteiger partial charge in [-0.25, -0.2) is 0 Å². The van der Waals surface area contributed by atoms with Gasteiger partial charge in [-0.2, -0.15) is 0 Å². The van der Waals surface area contributed by atoms with Crippen LogP contribution in [0.15, 0.2) is 24.3 Å². The van der Waals surface area contributed by atoms with Gasteiger partial charge in [-0.15, -0.1) is 0 Å². The molecular formula is C12H19NO. The van der Waals surface area contributed by atoms with Crippen molar-refractivity contribution in [1.29, 1.82) is 0 Å². The summed E-state index contributed by atoms with van der Waals surface area (Å²) in [6.07, 6.45) is 3.03. The van der Waals surface area contributed by atoms with Gasteiger partial charge in [0, 0.05) is 26.4 Å². The van der Waals surface area contributed by atoms with E-state index in [9.17, 15) is 0 Å². The minimum Gasteiger partial charge on any atom is -0.396 e. The number of hydrogen-bond donors (Lipinski definition) is 1. The number of hydrogen-bond acceptors (Lipinski definition) is 2. The molecule has 0 bridgehead atoms. The summed E-state index contributed by atoms with van der Waals surface area (Å²) in [4.78, 5) is 2.09. The fourth-order valence-corrected chi connectivity index (χ4v) is 1.40. The van der Waals surface area contributed by atoms with Crippen LogP contribution in [0.5, 0.6) is 0 Å². The van der Waals surface area contributed by atoms with Crippen LogP contribution in [0.25, 0.3) is 0 Å². The van der Waals surface area contributed by atoms with Gasteiger partial charge >= 0.3 is 0 Å². The minimum atomic E-state index is 0.301. The Balaban J connectivity index is 2.47. The van der Waals surface area contributed by atoms with Crippen molar-refractivity contribution < 1.29 is 5.11 Å². The maximum absolute atomic E-state index is 8.65. The van der Waals surface area contributed by atoms with Crippen LogP contribution in [0.2, 0.25) is 0 Å². The molecule has 0 aliphatic rings. The molecule has 0 aromatic heterocycles. The molecule has 0 aliphatic carbocycles. The summed E-state index contributed by atoms with van der Waals surface area (Å²) in [5.74, 6) is 0. The highest BCUT2D eigenvalue weighted by Crippen LogP contribution is 2.13. The van der Waals surface area contributed by atoms with Crippen molar-refractivity contribution in [3.8, 4) is 0 Å². The fourth-order valence-electron chi connectivity index (χ4n) is 1.40. The number of nitrogens with zero attached hydrogens (tertiary/aromatic N) is 1. The largest absolute Gasteiger partial charge is 0.396 e. The molecular weight excluding hydrogens is 174 g/mol. The third kappa shape index (κ3) is 3.38. The number of rotatable bonds is 5. The molecule has 14 heavy (non-hydrogen) atoms. The van der Waals surface area contributed by atoms with Gasteiger partial charge in [0.05, 0.1) is 0 Å². The molecule has 0 atom stereocenters. The monoisotopic (exact) mass is 193 g/mol. The van der Waals surface area contributed by atoms with Crippen LogP contribution in [-0.2, 0) is 6.42 Å². The van der Waals surface area contributed by atoms with E-state index >= 15 is 0 Å². The average Bonchev–Trinajstić information content (AvgIpc) is 2.19. The molecule has 0 saturated heterocycles. The third-order valence-corrected chi connectivity index (χ3v) is 2.33. The van der Waals surface area contributed by atoms with E-state index in [1.54, 1.807) is 0 Å². The van der Waals surface area contributed by atoms with Crippen LogP contribution in [-0.4, -0.2) is 25.8 Å². The maximum Gasteiger partial charge on any atom is 0.0431 e. The predicted octanol–water partition coefficient (Wildman–Crippen LogP) is 2.07. The highest BCUT2D eigenvalue weighted by Gasteiger charge is 1.96. The summed E-state index contributed by atoms with van der Waals surface area (Å²) in [6.45, 7) is 0.301. The lowest BCUT2D eigenvalue weighted by molar-refractivity contribution is 0.284. The molecule has 2 nitrogen and oxygen atoms in total. The van der Waals surface area contributed by atoms with Gasteiger partial charge in [0.25, 0.3) is 0 Å². The third-order valence-electron chi connectivity index (χ3n) is 2.33. The zero-order chi connectivity index (χ0) is 10.4. The van der Waals surface area contributed by atoms with Crippen molar-refractivity contribution >= 4 is 5.69 Å². The standard InChI is InChI=1S/C12H19NO/c1-13(2)12-8-6-11(7-9-12)5-3-4-10-14/h6-9,14H,3-5,10H2,1-2H3. The van der Waals surface area contributed by atoms with Gasteiger partial charge < -0.3 is 10.0 Å². The van der Waals surface area contributed by atoms with Crippen LogP contribution in [0, 0.1) is 0 Å². The van der Waals surface area contributed by atoms with Crippen molar-refractivity contribution in [2.45, 2.75) is 19.3 Å². The Morgan fingerprint density at radius 1 is 1.07 bits per heavy atom. The van der Waals surface area contributed by atoms with Crippen molar-refractivity contribution in [3.63, 3.8) is 0 Å². The van der Waals surface area contributed by atoms with Crippen LogP contribution < -0.4 is 4.90 Å². The van der Waals surface area contributed by atoms with Crippen LogP contribution >= 0.6 is 0 Å². The van der Waals surface area contributed by atoms with Crippen molar-refractivity contribution in [2.75, 3.05) is 25.6 Å². The summed E-state index contributed by atoms with van der Waals surface area (Å²) in [5.41, 5.74) is 2.58. The summed E-state index contributed by atoms with van der Waals surface area (Å²) in [6, 6.07) is 8.59. The van der Waals surface area contributed by atoms with Gasteiger partial charge in [-0.05, 0) is 37.0 Å². The summed E-state index contributed by atoms with van der Waals surface area (Å²) in [5, 5.41) is 8.65. The first-order valence-corrected chi connectivity index (χ1v) is 5.11. The molecule has 1 aromatic rings. The first kappa shape index (κ1) is 11.1. The quantitative estimate of drug-likeness (QED) is 0.724. The first-order valence-electron chi connectivity index (χ1n) is 5.11. The fraction of sp³-hybridized carbons (Fsp3) is 0.500. The van der Waals surface area contributed by atoms with Crippen molar-refractivity contribution in [1.82, 2.24) is 0 Å². The van der Waals surface area contributed by atoms with Crippen molar-refractivity contribution in [2.24, 2.45) is 0 Å². The SMILES string of the molecule is CN(C)c1ccc(CCCCO)cc1. The molecule has 0 heterocycles. The number of aliphatic hydroxyl groups excluding tert-OH is 1. The average molecular weight is 193 g/mol. The topological polar surface area (TPSA) is 23.5 Å². The van der Waals surface area contributed by atoms with Crippen molar-refractivity contribution in [3.05, 3.63) is 29.8 Å². The molecule has 0 saturated carbocycles. The van der Waals surface area contributed by atoms with Crippen LogP contribution in [0.4, 0.5) is 5.69 Å². The Hall–Kier alpha value is -1.02. The molecule has 0 fully saturated rings. The molecule has 0 amide bonds. The molecule has 0 unspecified atom stereocenters. The lowest BCUT2D eigenvalue weighted by Crippen LogP contribution is -2.08. The van der Waals surface area contributed by atoms with E-state index in [-0.39, 0.29) is 0 Å². The Bertz CT molecular complexity index is 254. The highest BCUT2D eigenvalue weighted by molar-refractivity contribution is 5.45. The molecule has 1 N–H and O–H groups in total. The second kappa shape index (κ2) is 5.66. The number of aliphatic hydroxyl groups is 1. The predicted molar refractivity (Wildman–Crippen MR) is 60.8 cm³/mol. The van der Waals surface area contributed by atoms with E-state index in [1.807, 2.05) is 14.1 Å². The zero-order valence-electron chi connectivity index (χ0n) is 9.03. The minimum absolute atomic E-state index is 0.301. The Morgan fingerprint density at radius 2 is 1.71 bits per heavy atom. The van der Waals surface area contributed by atoms with Gasteiger partial charge in [-0.1, -0.05) is 12.1 Å². The molecule has 1 aromatic carbocycles. The summed E-state index contributed by atoms with van der Waals surface area (Å²) in [7, 11) is 4.08. The Morgan fingerprint density at radius 3 is 2.21 bits per heavy atom. The van der Waals surface area contributed by atoms with E-state index in [1.165, 1.54) is 11.3 Å². The summed E-state index contributed by atoms with van der Waals surface area (Å²) >= 11 is 0. The van der Waals surface area contributed by atoms with Gasteiger partial charge in [0.15, 0.2) is 0 Å². The number of anilines is 1. The van der Waals surface area contributed by atoms with Gasteiger partial charge in [0.2, 0.25) is 0 Å². The lowest BCUT2D eigenvalue weighted by Gasteiger charge is -2.12.